The number of carbonyl (C=O) groups is 1. The summed E-state index contributed by atoms with van der Waals surface area (Å²) in [6.45, 7) is 4.19. The Balaban J connectivity index is 2.77. The number of rotatable bonds is 2. The zero-order valence-corrected chi connectivity index (χ0v) is 9.18. The SMILES string of the molecule is CC/C(C(=O)O)=C1\CCCC(C)CC1. The van der Waals surface area contributed by atoms with Crippen molar-refractivity contribution in [1.82, 2.24) is 0 Å². The fraction of sp³-hybridized carbons (Fsp3) is 0.750. The molecule has 0 heterocycles. The van der Waals surface area contributed by atoms with Crippen LogP contribution < -0.4 is 0 Å². The van der Waals surface area contributed by atoms with E-state index in [1.54, 1.807) is 0 Å². The summed E-state index contributed by atoms with van der Waals surface area (Å²) in [4.78, 5) is 11.0. The third-order valence-electron chi connectivity index (χ3n) is 3.15. The minimum Gasteiger partial charge on any atom is -0.478 e. The second kappa shape index (κ2) is 5.18. The van der Waals surface area contributed by atoms with Gasteiger partial charge in [0.05, 0.1) is 0 Å². The van der Waals surface area contributed by atoms with Gasteiger partial charge in [-0.3, -0.25) is 0 Å². The molecule has 0 spiro atoms. The maximum atomic E-state index is 11.0. The monoisotopic (exact) mass is 196 g/mol. The Kier molecular flexibility index (Phi) is 4.18. The lowest BCUT2D eigenvalue weighted by Gasteiger charge is -2.08. The average molecular weight is 196 g/mol. The van der Waals surface area contributed by atoms with E-state index in [1.165, 1.54) is 12.0 Å². The summed E-state index contributed by atoms with van der Waals surface area (Å²) in [5, 5.41) is 9.03. The number of hydrogen-bond acceptors (Lipinski definition) is 1. The largest absolute Gasteiger partial charge is 0.478 e. The Morgan fingerprint density at radius 1 is 1.43 bits per heavy atom. The number of aliphatic carboxylic acids is 1. The maximum absolute atomic E-state index is 11.0. The van der Waals surface area contributed by atoms with Crippen LogP contribution in [0.25, 0.3) is 0 Å². The fourth-order valence-electron chi connectivity index (χ4n) is 2.21. The highest BCUT2D eigenvalue weighted by Gasteiger charge is 2.16. The summed E-state index contributed by atoms with van der Waals surface area (Å²) in [6, 6.07) is 0. The van der Waals surface area contributed by atoms with Gasteiger partial charge in [-0.25, -0.2) is 4.79 Å². The van der Waals surface area contributed by atoms with Crippen LogP contribution in [-0.4, -0.2) is 11.1 Å². The van der Waals surface area contributed by atoms with E-state index in [1.807, 2.05) is 6.92 Å². The summed E-state index contributed by atoms with van der Waals surface area (Å²) in [5.41, 5.74) is 1.86. The van der Waals surface area contributed by atoms with Gasteiger partial charge in [0.25, 0.3) is 0 Å². The second-order valence-electron chi connectivity index (χ2n) is 4.28. The smallest absolute Gasteiger partial charge is 0.331 e. The van der Waals surface area contributed by atoms with Crippen molar-refractivity contribution in [2.24, 2.45) is 5.92 Å². The van der Waals surface area contributed by atoms with Crippen molar-refractivity contribution in [1.29, 1.82) is 0 Å². The van der Waals surface area contributed by atoms with Gasteiger partial charge in [-0.15, -0.1) is 0 Å². The lowest BCUT2D eigenvalue weighted by Crippen LogP contribution is -2.03. The molecule has 0 aromatic carbocycles. The molecule has 1 saturated carbocycles. The second-order valence-corrected chi connectivity index (χ2v) is 4.28. The molecule has 0 aromatic rings. The van der Waals surface area contributed by atoms with Crippen molar-refractivity contribution in [3.05, 3.63) is 11.1 Å². The first-order chi connectivity index (χ1) is 6.65. The molecule has 1 aliphatic carbocycles. The van der Waals surface area contributed by atoms with Crippen LogP contribution >= 0.6 is 0 Å². The highest BCUT2D eigenvalue weighted by molar-refractivity contribution is 5.87. The standard InChI is InChI=1S/C12H20O2/c1-3-11(12(13)14)10-6-4-5-9(2)7-8-10/h9H,3-8H2,1-2H3,(H,13,14)/b11-10-. The van der Waals surface area contributed by atoms with Crippen LogP contribution in [0.5, 0.6) is 0 Å². The Bertz CT molecular complexity index is 241. The van der Waals surface area contributed by atoms with Gasteiger partial charge < -0.3 is 5.11 Å². The molecule has 1 aliphatic rings. The van der Waals surface area contributed by atoms with E-state index in [4.69, 9.17) is 5.11 Å². The molecule has 1 unspecified atom stereocenters. The fourth-order valence-corrected chi connectivity index (χ4v) is 2.21. The van der Waals surface area contributed by atoms with E-state index in [-0.39, 0.29) is 0 Å². The molecule has 2 heteroatoms. The Labute approximate surface area is 86.0 Å². The van der Waals surface area contributed by atoms with E-state index in [2.05, 4.69) is 6.92 Å². The van der Waals surface area contributed by atoms with Gasteiger partial charge in [0.2, 0.25) is 0 Å². The van der Waals surface area contributed by atoms with Crippen molar-refractivity contribution in [2.45, 2.75) is 52.4 Å². The molecule has 0 aromatic heterocycles. The number of hydrogen-bond donors (Lipinski definition) is 1. The van der Waals surface area contributed by atoms with E-state index < -0.39 is 5.97 Å². The molecule has 1 N–H and O–H groups in total. The van der Waals surface area contributed by atoms with Crippen molar-refractivity contribution in [3.8, 4) is 0 Å². The highest BCUT2D eigenvalue weighted by atomic mass is 16.4. The van der Waals surface area contributed by atoms with Gasteiger partial charge in [-0.2, -0.15) is 0 Å². The first-order valence-corrected chi connectivity index (χ1v) is 5.59. The van der Waals surface area contributed by atoms with Crippen LogP contribution in [0.1, 0.15) is 52.4 Å². The summed E-state index contributed by atoms with van der Waals surface area (Å²) < 4.78 is 0. The molecule has 0 bridgehead atoms. The van der Waals surface area contributed by atoms with Crippen molar-refractivity contribution < 1.29 is 9.90 Å². The lowest BCUT2D eigenvalue weighted by molar-refractivity contribution is -0.132. The molecular formula is C12H20O2. The van der Waals surface area contributed by atoms with Gasteiger partial charge in [-0.05, 0) is 38.0 Å². The van der Waals surface area contributed by atoms with E-state index in [0.717, 1.165) is 31.6 Å². The van der Waals surface area contributed by atoms with Crippen LogP contribution in [-0.2, 0) is 4.79 Å². The van der Waals surface area contributed by atoms with E-state index in [0.29, 0.717) is 12.0 Å². The van der Waals surface area contributed by atoms with Crippen LogP contribution in [0.2, 0.25) is 0 Å². The van der Waals surface area contributed by atoms with Gasteiger partial charge in [-0.1, -0.05) is 25.8 Å². The molecule has 0 amide bonds. The van der Waals surface area contributed by atoms with Gasteiger partial charge in [0.15, 0.2) is 0 Å². The lowest BCUT2D eigenvalue weighted by atomic mass is 9.98. The molecule has 14 heavy (non-hydrogen) atoms. The summed E-state index contributed by atoms with van der Waals surface area (Å²) >= 11 is 0. The minimum atomic E-state index is -0.711. The molecule has 1 atom stereocenters. The van der Waals surface area contributed by atoms with Crippen LogP contribution in [0.4, 0.5) is 0 Å². The molecular weight excluding hydrogens is 176 g/mol. The third kappa shape index (κ3) is 2.86. The average Bonchev–Trinajstić information content (AvgIpc) is 2.32. The van der Waals surface area contributed by atoms with Crippen molar-refractivity contribution in [2.75, 3.05) is 0 Å². The molecule has 80 valence electrons. The maximum Gasteiger partial charge on any atom is 0.331 e. The van der Waals surface area contributed by atoms with Crippen molar-refractivity contribution >= 4 is 5.97 Å². The van der Waals surface area contributed by atoms with E-state index >= 15 is 0 Å². The molecule has 1 rings (SSSR count). The normalized spacial score (nSPS) is 26.9. The Hall–Kier alpha value is -0.790. The third-order valence-corrected chi connectivity index (χ3v) is 3.15. The predicted molar refractivity (Wildman–Crippen MR) is 57.2 cm³/mol. The first-order valence-electron chi connectivity index (χ1n) is 5.59. The van der Waals surface area contributed by atoms with Gasteiger partial charge >= 0.3 is 5.97 Å². The van der Waals surface area contributed by atoms with Crippen LogP contribution in [0.15, 0.2) is 11.1 Å². The Morgan fingerprint density at radius 2 is 2.14 bits per heavy atom. The molecule has 1 fully saturated rings. The quantitative estimate of drug-likeness (QED) is 0.543. The zero-order valence-electron chi connectivity index (χ0n) is 9.18. The first kappa shape index (κ1) is 11.3. The summed E-state index contributed by atoms with van der Waals surface area (Å²) in [5.74, 6) is 0.0523. The Morgan fingerprint density at radius 3 is 2.71 bits per heavy atom. The highest BCUT2D eigenvalue weighted by Crippen LogP contribution is 2.29. The van der Waals surface area contributed by atoms with Crippen molar-refractivity contribution in [3.63, 3.8) is 0 Å². The topological polar surface area (TPSA) is 37.3 Å². The molecule has 0 radical (unpaired) electrons. The van der Waals surface area contributed by atoms with E-state index in [9.17, 15) is 4.79 Å². The van der Waals surface area contributed by atoms with Crippen LogP contribution in [0.3, 0.4) is 0 Å². The molecule has 0 saturated heterocycles. The summed E-state index contributed by atoms with van der Waals surface area (Å²) in [6.07, 6.45) is 6.23. The number of allylic oxidation sites excluding steroid dienone is 1. The van der Waals surface area contributed by atoms with Gasteiger partial charge in [0, 0.05) is 5.57 Å². The zero-order chi connectivity index (χ0) is 10.6. The predicted octanol–water partition coefficient (Wildman–Crippen LogP) is 3.38. The molecule has 0 aliphatic heterocycles. The number of carboxylic acids is 1. The number of carboxylic acid groups (broad SMARTS) is 1. The van der Waals surface area contributed by atoms with Crippen LogP contribution in [0, 0.1) is 5.92 Å². The minimum absolute atomic E-state index is 0.666. The molecule has 2 nitrogen and oxygen atoms in total. The summed E-state index contributed by atoms with van der Waals surface area (Å²) in [7, 11) is 0. The van der Waals surface area contributed by atoms with Gasteiger partial charge in [0.1, 0.15) is 0 Å².